The summed E-state index contributed by atoms with van der Waals surface area (Å²) in [7, 11) is -0.428. The summed E-state index contributed by atoms with van der Waals surface area (Å²) in [6.07, 6.45) is 2.20. The molecule has 2 aromatic carbocycles. The zero-order valence-electron chi connectivity index (χ0n) is 19.4. The van der Waals surface area contributed by atoms with Crippen molar-refractivity contribution in [3.8, 4) is 11.5 Å². The predicted octanol–water partition coefficient (Wildman–Crippen LogP) is 3.10. The highest BCUT2D eigenvalue weighted by Gasteiger charge is 2.50. The summed E-state index contributed by atoms with van der Waals surface area (Å²) >= 11 is 0. The van der Waals surface area contributed by atoms with Crippen molar-refractivity contribution < 1.29 is 22.7 Å². The van der Waals surface area contributed by atoms with Crippen LogP contribution in [-0.2, 0) is 21.2 Å². The fraction of sp³-hybridized carbons (Fsp3) is 0.480. The number of likely N-dealkylation sites (tertiary alicyclic amines) is 1. The molecule has 0 unspecified atom stereocenters. The van der Waals surface area contributed by atoms with E-state index in [1.807, 2.05) is 29.2 Å². The van der Waals surface area contributed by atoms with Crippen molar-refractivity contribution in [1.82, 2.24) is 9.62 Å². The number of ether oxygens (including phenoxy) is 2. The Labute approximate surface area is 196 Å². The summed E-state index contributed by atoms with van der Waals surface area (Å²) in [6.45, 7) is 3.19. The smallest absolute Gasteiger partial charge is 0.240 e. The van der Waals surface area contributed by atoms with Gasteiger partial charge in [-0.1, -0.05) is 19.1 Å². The van der Waals surface area contributed by atoms with Gasteiger partial charge in [0, 0.05) is 25.6 Å². The van der Waals surface area contributed by atoms with Crippen molar-refractivity contribution >= 4 is 15.9 Å². The number of benzene rings is 2. The Kier molecular flexibility index (Phi) is 6.95. The van der Waals surface area contributed by atoms with Crippen LogP contribution in [0.2, 0.25) is 0 Å². The van der Waals surface area contributed by atoms with Crippen LogP contribution in [0.5, 0.6) is 11.5 Å². The van der Waals surface area contributed by atoms with Gasteiger partial charge in [0.25, 0.3) is 0 Å². The van der Waals surface area contributed by atoms with E-state index in [-0.39, 0.29) is 28.7 Å². The molecule has 2 aromatic rings. The summed E-state index contributed by atoms with van der Waals surface area (Å²) in [5.41, 5.74) is 1.17. The Morgan fingerprint density at radius 1 is 1.00 bits per heavy atom. The molecule has 1 N–H and O–H groups in total. The van der Waals surface area contributed by atoms with Crippen molar-refractivity contribution in [3.63, 3.8) is 0 Å². The maximum Gasteiger partial charge on any atom is 0.240 e. The van der Waals surface area contributed by atoms with Gasteiger partial charge in [0.15, 0.2) is 0 Å². The third kappa shape index (κ3) is 5.01. The minimum absolute atomic E-state index is 0.137. The lowest BCUT2D eigenvalue weighted by Crippen LogP contribution is -2.36. The van der Waals surface area contributed by atoms with Gasteiger partial charge in [0.05, 0.1) is 19.1 Å². The molecule has 0 spiro atoms. The Balaban J connectivity index is 1.37. The third-order valence-corrected chi connectivity index (χ3v) is 8.64. The van der Waals surface area contributed by atoms with Gasteiger partial charge in [-0.15, -0.1) is 0 Å². The summed E-state index contributed by atoms with van der Waals surface area (Å²) in [6, 6.07) is 14.5. The molecule has 33 heavy (non-hydrogen) atoms. The zero-order valence-corrected chi connectivity index (χ0v) is 20.2. The van der Waals surface area contributed by atoms with Crippen molar-refractivity contribution in [2.24, 2.45) is 17.8 Å². The molecule has 2 aliphatic rings. The first-order chi connectivity index (χ1) is 15.8. The number of fused-ring (bicyclic) bond motifs is 1. The Hall–Kier alpha value is -2.58. The molecule has 1 saturated heterocycles. The van der Waals surface area contributed by atoms with E-state index in [0.29, 0.717) is 31.2 Å². The molecule has 4 atom stereocenters. The SMILES string of the molecule is COc1ccc(CCN2C(=O)C[C@H]3[C@H](CNS(=O)(=O)c4ccc(OC)cc4)[C@@H](C)C[C@H]32)cc1. The van der Waals surface area contributed by atoms with Crippen molar-refractivity contribution in [1.29, 1.82) is 0 Å². The molecule has 0 aromatic heterocycles. The molecule has 1 aliphatic heterocycles. The van der Waals surface area contributed by atoms with E-state index in [1.165, 1.54) is 5.56 Å². The molecule has 0 radical (unpaired) electrons. The van der Waals surface area contributed by atoms with Crippen LogP contribution in [0.15, 0.2) is 53.4 Å². The van der Waals surface area contributed by atoms with Crippen LogP contribution >= 0.6 is 0 Å². The molecule has 0 bridgehead atoms. The minimum Gasteiger partial charge on any atom is -0.497 e. The predicted molar refractivity (Wildman–Crippen MR) is 126 cm³/mol. The van der Waals surface area contributed by atoms with E-state index in [2.05, 4.69) is 11.6 Å². The van der Waals surface area contributed by atoms with E-state index in [9.17, 15) is 13.2 Å². The minimum atomic E-state index is -3.62. The highest BCUT2D eigenvalue weighted by molar-refractivity contribution is 7.89. The van der Waals surface area contributed by atoms with E-state index in [4.69, 9.17) is 9.47 Å². The Bertz CT molecular complexity index is 1070. The van der Waals surface area contributed by atoms with Crippen molar-refractivity contribution in [2.75, 3.05) is 27.3 Å². The second kappa shape index (κ2) is 9.73. The second-order valence-corrected chi connectivity index (χ2v) is 10.8. The largest absolute Gasteiger partial charge is 0.497 e. The maximum atomic E-state index is 12.8. The highest BCUT2D eigenvalue weighted by atomic mass is 32.2. The first-order valence-electron chi connectivity index (χ1n) is 11.4. The van der Waals surface area contributed by atoms with Gasteiger partial charge in [0.2, 0.25) is 15.9 Å². The standard InChI is InChI=1S/C25H32N2O5S/c1-17-14-24-22(15-25(28)27(24)13-12-18-4-6-19(31-2)7-5-18)23(17)16-26-33(29,30)21-10-8-20(32-3)9-11-21/h4-11,17,22-24,26H,12-16H2,1-3H3/t17-,22-,23+,24+/m0/s1. The molecule has 8 heteroatoms. The fourth-order valence-corrected chi connectivity index (χ4v) is 6.39. The number of methoxy groups -OCH3 is 2. The lowest BCUT2D eigenvalue weighted by atomic mass is 9.89. The van der Waals surface area contributed by atoms with Crippen LogP contribution in [0.4, 0.5) is 0 Å². The van der Waals surface area contributed by atoms with Crippen molar-refractivity contribution in [2.45, 2.75) is 37.1 Å². The fourth-order valence-electron chi connectivity index (χ4n) is 5.32. The van der Waals surface area contributed by atoms with E-state index < -0.39 is 10.0 Å². The molecule has 7 nitrogen and oxygen atoms in total. The summed E-state index contributed by atoms with van der Waals surface area (Å²) in [4.78, 5) is 15.0. The summed E-state index contributed by atoms with van der Waals surface area (Å²) < 4.78 is 38.7. The number of hydrogen-bond donors (Lipinski definition) is 1. The van der Waals surface area contributed by atoms with Crippen LogP contribution in [0.1, 0.15) is 25.3 Å². The topological polar surface area (TPSA) is 84.9 Å². The number of nitrogens with zero attached hydrogens (tertiary/aromatic N) is 1. The average Bonchev–Trinajstić information content (AvgIpc) is 3.29. The summed E-state index contributed by atoms with van der Waals surface area (Å²) in [5, 5.41) is 0. The van der Waals surface area contributed by atoms with Gasteiger partial charge in [-0.25, -0.2) is 13.1 Å². The summed E-state index contributed by atoms with van der Waals surface area (Å²) in [5.74, 6) is 2.27. The Morgan fingerprint density at radius 2 is 1.61 bits per heavy atom. The first kappa shape index (κ1) is 23.6. The molecule has 4 rings (SSSR count). The van der Waals surface area contributed by atoms with Gasteiger partial charge in [-0.3, -0.25) is 4.79 Å². The number of rotatable bonds is 9. The lowest BCUT2D eigenvalue weighted by molar-refractivity contribution is -0.129. The second-order valence-electron chi connectivity index (χ2n) is 9.02. The molecular formula is C25H32N2O5S. The number of carbonyl (C=O) groups is 1. The number of amides is 1. The van der Waals surface area contributed by atoms with Crippen LogP contribution < -0.4 is 14.2 Å². The molecule has 1 heterocycles. The van der Waals surface area contributed by atoms with E-state index >= 15 is 0 Å². The quantitative estimate of drug-likeness (QED) is 0.606. The normalized spacial score (nSPS) is 24.7. The number of hydrogen-bond acceptors (Lipinski definition) is 5. The van der Waals surface area contributed by atoms with Crippen LogP contribution in [0.3, 0.4) is 0 Å². The first-order valence-corrected chi connectivity index (χ1v) is 12.9. The number of sulfonamides is 1. The lowest BCUT2D eigenvalue weighted by Gasteiger charge is -2.24. The van der Waals surface area contributed by atoms with Gasteiger partial charge >= 0.3 is 0 Å². The van der Waals surface area contributed by atoms with Crippen LogP contribution in [0.25, 0.3) is 0 Å². The third-order valence-electron chi connectivity index (χ3n) is 7.20. The number of carbonyl (C=O) groups excluding carboxylic acids is 1. The Morgan fingerprint density at radius 3 is 2.21 bits per heavy atom. The number of nitrogens with one attached hydrogen (secondary N) is 1. The monoisotopic (exact) mass is 472 g/mol. The molecule has 1 saturated carbocycles. The molecule has 1 aliphatic carbocycles. The molecule has 1 amide bonds. The van der Waals surface area contributed by atoms with Crippen molar-refractivity contribution in [3.05, 3.63) is 54.1 Å². The van der Waals surface area contributed by atoms with Crippen LogP contribution in [0, 0.1) is 17.8 Å². The van der Waals surface area contributed by atoms with Gasteiger partial charge in [-0.05, 0) is 72.6 Å². The molecule has 178 valence electrons. The molecular weight excluding hydrogens is 440 g/mol. The average molecular weight is 473 g/mol. The van der Waals surface area contributed by atoms with Gasteiger partial charge in [0.1, 0.15) is 11.5 Å². The van der Waals surface area contributed by atoms with E-state index in [1.54, 1.807) is 38.5 Å². The van der Waals surface area contributed by atoms with E-state index in [0.717, 1.165) is 18.6 Å². The highest BCUT2D eigenvalue weighted by Crippen LogP contribution is 2.46. The zero-order chi connectivity index (χ0) is 23.6. The van der Waals surface area contributed by atoms with Crippen LogP contribution in [-0.4, -0.2) is 52.6 Å². The maximum absolute atomic E-state index is 12.8. The van der Waals surface area contributed by atoms with Gasteiger partial charge < -0.3 is 14.4 Å². The van der Waals surface area contributed by atoms with Gasteiger partial charge in [-0.2, -0.15) is 0 Å². The molecule has 2 fully saturated rings.